The molecule has 1 aromatic heterocycles. The van der Waals surface area contributed by atoms with Crippen LogP contribution in [0.25, 0.3) is 0 Å². The average Bonchev–Trinajstić information content (AvgIpc) is 3.08. The molecule has 8 heteroatoms. The summed E-state index contributed by atoms with van der Waals surface area (Å²) in [5.41, 5.74) is 0.273. The first-order chi connectivity index (χ1) is 12.0. The summed E-state index contributed by atoms with van der Waals surface area (Å²) in [5, 5.41) is 1.41. The summed E-state index contributed by atoms with van der Waals surface area (Å²) in [6.07, 6.45) is 3.57. The lowest BCUT2D eigenvalue weighted by atomic mass is 10.1. The van der Waals surface area contributed by atoms with E-state index in [2.05, 4.69) is 4.98 Å². The van der Waals surface area contributed by atoms with E-state index in [1.807, 2.05) is 0 Å². The fourth-order valence-corrected chi connectivity index (χ4v) is 3.13. The van der Waals surface area contributed by atoms with Gasteiger partial charge < -0.3 is 4.74 Å². The van der Waals surface area contributed by atoms with Gasteiger partial charge in [-0.25, -0.2) is 4.98 Å². The molecule has 2 aromatic carbocycles. The van der Waals surface area contributed by atoms with Crippen LogP contribution in [-0.2, 0) is 0 Å². The molecule has 0 amide bonds. The highest BCUT2D eigenvalue weighted by Gasteiger charge is 2.26. The summed E-state index contributed by atoms with van der Waals surface area (Å²) >= 11 is 24.1. The first kappa shape index (κ1) is 18.1. The molecule has 3 aromatic rings. The minimum atomic E-state index is -1.04. The Hall–Kier alpha value is -1.72. The van der Waals surface area contributed by atoms with Crippen molar-refractivity contribution in [2.24, 2.45) is 0 Å². The number of imidazole rings is 1. The van der Waals surface area contributed by atoms with E-state index in [9.17, 15) is 4.79 Å². The third-order valence-electron chi connectivity index (χ3n) is 3.35. The van der Waals surface area contributed by atoms with Crippen LogP contribution in [0.5, 0.6) is 5.75 Å². The molecule has 128 valence electrons. The molecule has 1 heterocycles. The number of ether oxygens (including phenoxy) is 1. The van der Waals surface area contributed by atoms with Crippen molar-refractivity contribution >= 4 is 52.2 Å². The summed E-state index contributed by atoms with van der Waals surface area (Å²) in [7, 11) is 0. The van der Waals surface area contributed by atoms with E-state index in [0.717, 1.165) is 0 Å². The topological polar surface area (TPSA) is 44.1 Å². The largest absolute Gasteiger partial charge is 0.461 e. The van der Waals surface area contributed by atoms with Gasteiger partial charge in [0.15, 0.2) is 0 Å². The SMILES string of the molecule is O=C(c1ccc(Cl)cc1Cl)[C@H](Oc1ccc(Cl)cc1Cl)n1ccnc1. The molecule has 0 aliphatic rings. The van der Waals surface area contributed by atoms with Crippen molar-refractivity contribution in [3.8, 4) is 5.75 Å². The number of nitrogens with zero attached hydrogens (tertiary/aromatic N) is 2. The summed E-state index contributed by atoms with van der Waals surface area (Å²) in [5.74, 6) is -0.0612. The van der Waals surface area contributed by atoms with Crippen LogP contribution in [0, 0.1) is 0 Å². The van der Waals surface area contributed by atoms with Crippen LogP contribution in [0.15, 0.2) is 55.1 Å². The second-order valence-corrected chi connectivity index (χ2v) is 6.73. The summed E-state index contributed by atoms with van der Waals surface area (Å²) < 4.78 is 7.35. The molecule has 0 unspecified atom stereocenters. The molecule has 3 rings (SSSR count). The van der Waals surface area contributed by atoms with E-state index < -0.39 is 6.23 Å². The Kier molecular flexibility index (Phi) is 5.54. The first-order valence-corrected chi connectivity index (χ1v) is 8.55. The molecule has 0 aliphatic heterocycles. The van der Waals surface area contributed by atoms with E-state index in [0.29, 0.717) is 15.8 Å². The normalized spacial score (nSPS) is 12.0. The maximum absolute atomic E-state index is 13.0. The lowest BCUT2D eigenvalue weighted by Crippen LogP contribution is -2.25. The maximum atomic E-state index is 13.0. The number of halogens is 4. The van der Waals surface area contributed by atoms with E-state index in [-0.39, 0.29) is 21.4 Å². The second kappa shape index (κ2) is 7.67. The van der Waals surface area contributed by atoms with Gasteiger partial charge in [-0.15, -0.1) is 0 Å². The van der Waals surface area contributed by atoms with Crippen molar-refractivity contribution < 1.29 is 9.53 Å². The zero-order valence-electron chi connectivity index (χ0n) is 12.5. The van der Waals surface area contributed by atoms with Gasteiger partial charge in [0.05, 0.1) is 16.4 Å². The van der Waals surface area contributed by atoms with Gasteiger partial charge in [0.2, 0.25) is 12.0 Å². The zero-order chi connectivity index (χ0) is 18.0. The van der Waals surface area contributed by atoms with Crippen molar-refractivity contribution in [2.45, 2.75) is 6.23 Å². The van der Waals surface area contributed by atoms with Crippen LogP contribution < -0.4 is 4.74 Å². The summed E-state index contributed by atoms with van der Waals surface area (Å²) in [6.45, 7) is 0. The van der Waals surface area contributed by atoms with Crippen LogP contribution >= 0.6 is 46.4 Å². The Balaban J connectivity index is 1.99. The number of carbonyl (C=O) groups is 1. The number of aromatic nitrogens is 2. The highest BCUT2D eigenvalue weighted by molar-refractivity contribution is 6.37. The number of hydrogen-bond donors (Lipinski definition) is 0. The van der Waals surface area contributed by atoms with Crippen LogP contribution in [0.2, 0.25) is 20.1 Å². The molecule has 0 bridgehead atoms. The zero-order valence-corrected chi connectivity index (χ0v) is 15.5. The van der Waals surface area contributed by atoms with Gasteiger partial charge in [0.1, 0.15) is 5.75 Å². The lowest BCUT2D eigenvalue weighted by molar-refractivity contribution is 0.0654. The van der Waals surface area contributed by atoms with Gasteiger partial charge in [-0.05, 0) is 36.4 Å². The smallest absolute Gasteiger partial charge is 0.241 e. The molecule has 0 radical (unpaired) electrons. The summed E-state index contributed by atoms with van der Waals surface area (Å²) in [4.78, 5) is 16.9. The van der Waals surface area contributed by atoms with Crippen molar-refractivity contribution in [3.63, 3.8) is 0 Å². The molecular weight excluding hydrogens is 406 g/mol. The second-order valence-electron chi connectivity index (χ2n) is 5.04. The van der Waals surface area contributed by atoms with Gasteiger partial charge >= 0.3 is 0 Å². The third-order valence-corrected chi connectivity index (χ3v) is 4.43. The standard InChI is InChI=1S/C17H10Cl4N2O2/c18-10-1-3-12(13(20)7-10)16(24)17(23-6-5-22-9-23)25-15-4-2-11(19)8-14(15)21/h1-9,17H/t17-/m0/s1. The van der Waals surface area contributed by atoms with Gasteiger partial charge in [-0.3, -0.25) is 9.36 Å². The van der Waals surface area contributed by atoms with Crippen molar-refractivity contribution in [3.05, 3.63) is 80.8 Å². The summed E-state index contributed by atoms with van der Waals surface area (Å²) in [6, 6.07) is 9.36. The molecule has 0 spiro atoms. The number of rotatable bonds is 5. The van der Waals surface area contributed by atoms with Crippen LogP contribution in [0.3, 0.4) is 0 Å². The predicted molar refractivity (Wildman–Crippen MR) is 99.1 cm³/mol. The molecule has 0 N–H and O–H groups in total. The molecule has 0 saturated carbocycles. The molecule has 0 fully saturated rings. The molecule has 1 atom stereocenters. The van der Waals surface area contributed by atoms with E-state index >= 15 is 0 Å². The highest BCUT2D eigenvalue weighted by Crippen LogP contribution is 2.32. The van der Waals surface area contributed by atoms with E-state index in [4.69, 9.17) is 51.1 Å². The Morgan fingerprint density at radius 3 is 2.28 bits per heavy atom. The van der Waals surface area contributed by atoms with Crippen molar-refractivity contribution in [1.82, 2.24) is 9.55 Å². The lowest BCUT2D eigenvalue weighted by Gasteiger charge is -2.20. The average molecular weight is 416 g/mol. The third kappa shape index (κ3) is 4.10. The fourth-order valence-electron chi connectivity index (χ4n) is 2.17. The Labute approximate surface area is 163 Å². The Morgan fingerprint density at radius 2 is 1.68 bits per heavy atom. The first-order valence-electron chi connectivity index (χ1n) is 7.04. The molecule has 25 heavy (non-hydrogen) atoms. The quantitative estimate of drug-likeness (QED) is 0.483. The molecule has 0 aliphatic carbocycles. The molecular formula is C17H10Cl4N2O2. The molecule has 0 saturated heterocycles. The van der Waals surface area contributed by atoms with E-state index in [1.54, 1.807) is 30.5 Å². The van der Waals surface area contributed by atoms with Gasteiger partial charge in [0, 0.05) is 28.0 Å². The van der Waals surface area contributed by atoms with E-state index in [1.165, 1.54) is 29.2 Å². The molecule has 4 nitrogen and oxygen atoms in total. The van der Waals surface area contributed by atoms with Crippen LogP contribution in [0.1, 0.15) is 16.6 Å². The Morgan fingerprint density at radius 1 is 1.00 bits per heavy atom. The van der Waals surface area contributed by atoms with Gasteiger partial charge in [-0.1, -0.05) is 46.4 Å². The number of hydrogen-bond acceptors (Lipinski definition) is 3. The maximum Gasteiger partial charge on any atom is 0.241 e. The van der Waals surface area contributed by atoms with Crippen molar-refractivity contribution in [2.75, 3.05) is 0 Å². The minimum Gasteiger partial charge on any atom is -0.461 e. The number of ketones is 1. The van der Waals surface area contributed by atoms with Gasteiger partial charge in [0.25, 0.3) is 0 Å². The minimum absolute atomic E-state index is 0.230. The number of carbonyl (C=O) groups excluding carboxylic acids is 1. The number of benzene rings is 2. The predicted octanol–water partition coefficient (Wildman–Crippen LogP) is 5.96. The Bertz CT molecular complexity index is 913. The monoisotopic (exact) mass is 414 g/mol. The van der Waals surface area contributed by atoms with Crippen LogP contribution in [-0.4, -0.2) is 15.3 Å². The highest BCUT2D eigenvalue weighted by atomic mass is 35.5. The van der Waals surface area contributed by atoms with Crippen molar-refractivity contribution in [1.29, 1.82) is 0 Å². The van der Waals surface area contributed by atoms with Gasteiger partial charge in [-0.2, -0.15) is 0 Å². The fraction of sp³-hybridized carbons (Fsp3) is 0.0588. The number of Topliss-reactive ketones (excluding diaryl/α,β-unsaturated/α-hetero) is 1. The van der Waals surface area contributed by atoms with Crippen LogP contribution in [0.4, 0.5) is 0 Å².